The lowest BCUT2D eigenvalue weighted by Crippen LogP contribution is -2.44. The number of methoxy groups -OCH3 is 1. The molecule has 1 aromatic rings. The van der Waals surface area contributed by atoms with Crippen molar-refractivity contribution in [2.75, 3.05) is 26.8 Å². The molecule has 120 valence electrons. The van der Waals surface area contributed by atoms with E-state index < -0.39 is 0 Å². The predicted molar refractivity (Wildman–Crippen MR) is 82.8 cm³/mol. The van der Waals surface area contributed by atoms with Crippen molar-refractivity contribution in [1.29, 1.82) is 0 Å². The Morgan fingerprint density at radius 2 is 1.73 bits per heavy atom. The van der Waals surface area contributed by atoms with Crippen LogP contribution in [0.2, 0.25) is 0 Å². The molecule has 2 atom stereocenters. The lowest BCUT2D eigenvalue weighted by atomic mass is 9.92. The first-order valence-electron chi connectivity index (χ1n) is 7.58. The van der Waals surface area contributed by atoms with Crippen LogP contribution in [-0.2, 0) is 9.53 Å². The summed E-state index contributed by atoms with van der Waals surface area (Å²) in [7, 11) is 1.34. The molecule has 22 heavy (non-hydrogen) atoms. The van der Waals surface area contributed by atoms with Crippen molar-refractivity contribution in [3.8, 4) is 5.75 Å². The van der Waals surface area contributed by atoms with E-state index in [1.54, 1.807) is 24.3 Å². The maximum absolute atomic E-state index is 12.2. The Hall–Kier alpha value is -2.04. The van der Waals surface area contributed by atoms with Gasteiger partial charge in [-0.2, -0.15) is 0 Å². The smallest absolute Gasteiger partial charge is 0.337 e. The zero-order valence-corrected chi connectivity index (χ0v) is 13.4. The summed E-state index contributed by atoms with van der Waals surface area (Å²) in [6.45, 7) is 5.96. The van der Waals surface area contributed by atoms with E-state index in [0.717, 1.165) is 13.1 Å². The molecule has 1 heterocycles. The Balaban J connectivity index is 1.87. The molecular weight excluding hydrogens is 282 g/mol. The minimum absolute atomic E-state index is 0.00967. The molecule has 1 fully saturated rings. The summed E-state index contributed by atoms with van der Waals surface area (Å²) < 4.78 is 10.1. The van der Waals surface area contributed by atoms with Crippen molar-refractivity contribution in [2.24, 2.45) is 11.8 Å². The first-order valence-corrected chi connectivity index (χ1v) is 7.58. The molecule has 0 bridgehead atoms. The van der Waals surface area contributed by atoms with E-state index in [0.29, 0.717) is 23.1 Å². The summed E-state index contributed by atoms with van der Waals surface area (Å²) in [4.78, 5) is 25.4. The molecule has 2 unspecified atom stereocenters. The Morgan fingerprint density at radius 1 is 1.14 bits per heavy atom. The number of piperidine rings is 1. The monoisotopic (exact) mass is 305 g/mol. The third kappa shape index (κ3) is 4.23. The fraction of sp³-hybridized carbons (Fsp3) is 0.529. The van der Waals surface area contributed by atoms with Crippen molar-refractivity contribution in [3.05, 3.63) is 29.8 Å². The lowest BCUT2D eigenvalue weighted by Gasteiger charge is -2.34. The molecule has 5 heteroatoms. The minimum Gasteiger partial charge on any atom is -0.484 e. The van der Waals surface area contributed by atoms with Crippen molar-refractivity contribution in [1.82, 2.24) is 4.90 Å². The number of amides is 1. The van der Waals surface area contributed by atoms with Crippen LogP contribution in [0, 0.1) is 11.8 Å². The Kier molecular flexibility index (Phi) is 5.41. The number of carbonyl (C=O) groups is 2. The molecule has 0 N–H and O–H groups in total. The second kappa shape index (κ2) is 7.29. The van der Waals surface area contributed by atoms with E-state index in [-0.39, 0.29) is 18.5 Å². The number of rotatable bonds is 4. The van der Waals surface area contributed by atoms with E-state index in [4.69, 9.17) is 4.74 Å². The zero-order chi connectivity index (χ0) is 16.1. The number of esters is 1. The largest absolute Gasteiger partial charge is 0.484 e. The van der Waals surface area contributed by atoms with Gasteiger partial charge in [0.25, 0.3) is 5.91 Å². The summed E-state index contributed by atoms with van der Waals surface area (Å²) in [5.41, 5.74) is 0.458. The van der Waals surface area contributed by atoms with Crippen LogP contribution in [0.15, 0.2) is 24.3 Å². The molecule has 1 saturated heterocycles. The van der Waals surface area contributed by atoms with Crippen LogP contribution in [0.3, 0.4) is 0 Å². The molecule has 1 aliphatic rings. The van der Waals surface area contributed by atoms with Gasteiger partial charge < -0.3 is 14.4 Å². The maximum Gasteiger partial charge on any atom is 0.337 e. The van der Waals surface area contributed by atoms with E-state index in [1.165, 1.54) is 13.5 Å². The maximum atomic E-state index is 12.2. The number of likely N-dealkylation sites (tertiary alicyclic amines) is 1. The highest BCUT2D eigenvalue weighted by atomic mass is 16.5. The number of ether oxygens (including phenoxy) is 2. The fourth-order valence-corrected chi connectivity index (χ4v) is 2.91. The summed E-state index contributed by atoms with van der Waals surface area (Å²) in [6.07, 6.45) is 1.17. The summed E-state index contributed by atoms with van der Waals surface area (Å²) in [6, 6.07) is 6.58. The minimum atomic E-state index is -0.390. The Bertz CT molecular complexity index is 516. The van der Waals surface area contributed by atoms with E-state index in [9.17, 15) is 9.59 Å². The average molecular weight is 305 g/mol. The molecule has 0 aromatic heterocycles. The average Bonchev–Trinajstić information content (AvgIpc) is 2.51. The van der Waals surface area contributed by atoms with Crippen LogP contribution in [0.4, 0.5) is 0 Å². The molecule has 1 aliphatic heterocycles. The van der Waals surface area contributed by atoms with Crippen molar-refractivity contribution < 1.29 is 19.1 Å². The third-order valence-electron chi connectivity index (χ3n) is 3.86. The van der Waals surface area contributed by atoms with Crippen LogP contribution in [0.5, 0.6) is 5.75 Å². The fourth-order valence-electron chi connectivity index (χ4n) is 2.91. The highest BCUT2D eigenvalue weighted by Gasteiger charge is 2.25. The number of hydrogen-bond acceptors (Lipinski definition) is 4. The standard InChI is InChI=1S/C17H23NO4/c1-12-8-13(2)10-18(9-12)16(19)11-22-15-6-4-14(5-7-15)17(20)21-3/h4-7,12-13H,8-11H2,1-3H3. The van der Waals surface area contributed by atoms with E-state index in [2.05, 4.69) is 18.6 Å². The number of carbonyl (C=O) groups excluding carboxylic acids is 2. The molecular formula is C17H23NO4. The summed E-state index contributed by atoms with van der Waals surface area (Å²) >= 11 is 0. The molecule has 0 spiro atoms. The highest BCUT2D eigenvalue weighted by molar-refractivity contribution is 5.89. The van der Waals surface area contributed by atoms with Crippen molar-refractivity contribution >= 4 is 11.9 Å². The van der Waals surface area contributed by atoms with Gasteiger partial charge in [0.15, 0.2) is 6.61 Å². The number of nitrogens with zero attached hydrogens (tertiary/aromatic N) is 1. The van der Waals surface area contributed by atoms with Gasteiger partial charge in [0.2, 0.25) is 0 Å². The van der Waals surface area contributed by atoms with Gasteiger partial charge in [-0.1, -0.05) is 13.8 Å². The van der Waals surface area contributed by atoms with Crippen molar-refractivity contribution in [2.45, 2.75) is 20.3 Å². The second-order valence-corrected chi connectivity index (χ2v) is 6.05. The van der Waals surface area contributed by atoms with Gasteiger partial charge in [0.1, 0.15) is 5.75 Å². The predicted octanol–water partition coefficient (Wildman–Crippen LogP) is 2.36. The normalized spacial score (nSPS) is 21.3. The van der Waals surface area contributed by atoms with Crippen LogP contribution < -0.4 is 4.74 Å². The molecule has 0 radical (unpaired) electrons. The Morgan fingerprint density at radius 3 is 2.27 bits per heavy atom. The first-order chi connectivity index (χ1) is 10.5. The Labute approximate surface area is 131 Å². The molecule has 2 rings (SSSR count). The second-order valence-electron chi connectivity index (χ2n) is 6.05. The summed E-state index contributed by atoms with van der Waals surface area (Å²) in [5.74, 6) is 1.26. The lowest BCUT2D eigenvalue weighted by molar-refractivity contribution is -0.136. The highest BCUT2D eigenvalue weighted by Crippen LogP contribution is 2.21. The van der Waals surface area contributed by atoms with Crippen LogP contribution >= 0.6 is 0 Å². The SMILES string of the molecule is COC(=O)c1ccc(OCC(=O)N2CC(C)CC(C)C2)cc1. The van der Waals surface area contributed by atoms with Gasteiger partial charge >= 0.3 is 5.97 Å². The quantitative estimate of drug-likeness (QED) is 0.801. The molecule has 0 saturated carbocycles. The number of hydrogen-bond donors (Lipinski definition) is 0. The topological polar surface area (TPSA) is 55.8 Å². The van der Waals surface area contributed by atoms with Crippen LogP contribution in [-0.4, -0.2) is 43.6 Å². The van der Waals surface area contributed by atoms with Crippen LogP contribution in [0.25, 0.3) is 0 Å². The zero-order valence-electron chi connectivity index (χ0n) is 13.4. The van der Waals surface area contributed by atoms with E-state index in [1.807, 2.05) is 4.90 Å². The number of benzene rings is 1. The molecule has 5 nitrogen and oxygen atoms in total. The van der Waals surface area contributed by atoms with Gasteiger partial charge in [-0.25, -0.2) is 4.79 Å². The van der Waals surface area contributed by atoms with Crippen molar-refractivity contribution in [3.63, 3.8) is 0 Å². The van der Waals surface area contributed by atoms with E-state index >= 15 is 0 Å². The summed E-state index contributed by atoms with van der Waals surface area (Å²) in [5, 5.41) is 0. The van der Waals surface area contributed by atoms with Gasteiger partial charge in [-0.15, -0.1) is 0 Å². The first kappa shape index (κ1) is 16.3. The van der Waals surface area contributed by atoms with Gasteiger partial charge in [0, 0.05) is 13.1 Å². The molecule has 0 aliphatic carbocycles. The third-order valence-corrected chi connectivity index (χ3v) is 3.86. The molecule has 1 amide bonds. The van der Waals surface area contributed by atoms with Crippen LogP contribution in [0.1, 0.15) is 30.6 Å². The van der Waals surface area contributed by atoms with Gasteiger partial charge in [-0.05, 0) is 42.5 Å². The molecule has 1 aromatic carbocycles. The van der Waals surface area contributed by atoms with Gasteiger partial charge in [-0.3, -0.25) is 4.79 Å². The van der Waals surface area contributed by atoms with Gasteiger partial charge in [0.05, 0.1) is 12.7 Å².